The summed E-state index contributed by atoms with van der Waals surface area (Å²) in [6.07, 6.45) is 1.74. The molecule has 2 aromatic carbocycles. The van der Waals surface area contributed by atoms with Crippen molar-refractivity contribution in [1.82, 2.24) is 19.3 Å². The Hall–Kier alpha value is -2.88. The fraction of sp³-hybridized carbons (Fsp3) is 0.217. The van der Waals surface area contributed by atoms with Gasteiger partial charge in [-0.15, -0.1) is 0 Å². The normalized spacial score (nSPS) is 11.9. The highest BCUT2D eigenvalue weighted by molar-refractivity contribution is 7.89. The van der Waals surface area contributed by atoms with Crippen molar-refractivity contribution in [3.8, 4) is 11.3 Å². The first kappa shape index (κ1) is 23.3. The Kier molecular flexibility index (Phi) is 6.74. The zero-order valence-electron chi connectivity index (χ0n) is 18.7. The summed E-state index contributed by atoms with van der Waals surface area (Å²) in [7, 11) is -1.66. The maximum Gasteiger partial charge on any atom is 0.240 e. The number of hydrogen-bond donors (Lipinski definition) is 2. The lowest BCUT2D eigenvalue weighted by Crippen LogP contribution is -2.29. The van der Waals surface area contributed by atoms with Crippen molar-refractivity contribution in [2.75, 3.05) is 18.4 Å². The predicted octanol–water partition coefficient (Wildman–Crippen LogP) is 2.82. The molecular formula is C23H25BClN5O2S. The molecule has 0 bridgehead atoms. The molecule has 4 aromatic rings. The Balaban J connectivity index is 1.50. The molecule has 0 radical (unpaired) electrons. The van der Waals surface area contributed by atoms with Crippen LogP contribution in [0.15, 0.2) is 65.7 Å². The summed E-state index contributed by atoms with van der Waals surface area (Å²) in [5, 5.41) is 8.27. The number of rotatable bonds is 8. The maximum atomic E-state index is 12.6. The smallest absolute Gasteiger partial charge is 0.240 e. The largest absolute Gasteiger partial charge is 0.369 e. The lowest BCUT2D eigenvalue weighted by Gasteiger charge is -2.13. The van der Waals surface area contributed by atoms with E-state index in [9.17, 15) is 8.42 Å². The number of nitrogens with zero attached hydrogens (tertiary/aromatic N) is 3. The molecule has 0 amide bonds. The lowest BCUT2D eigenvalue weighted by molar-refractivity contribution is 0.582. The van der Waals surface area contributed by atoms with E-state index in [0.717, 1.165) is 16.6 Å². The van der Waals surface area contributed by atoms with E-state index < -0.39 is 10.0 Å². The summed E-state index contributed by atoms with van der Waals surface area (Å²) in [5.41, 5.74) is 4.26. The van der Waals surface area contributed by atoms with Crippen molar-refractivity contribution in [2.45, 2.75) is 24.7 Å². The topological polar surface area (TPSA) is 88.4 Å². The van der Waals surface area contributed by atoms with Gasteiger partial charge in [0.05, 0.1) is 10.6 Å². The van der Waals surface area contributed by atoms with Crippen molar-refractivity contribution in [3.05, 3.63) is 71.4 Å². The van der Waals surface area contributed by atoms with Gasteiger partial charge in [-0.05, 0) is 35.1 Å². The van der Waals surface area contributed by atoms with Gasteiger partial charge in [0.25, 0.3) is 0 Å². The second-order valence-corrected chi connectivity index (χ2v) is 10.3. The van der Waals surface area contributed by atoms with Crippen LogP contribution in [0.5, 0.6) is 0 Å². The molecule has 2 N–H and O–H groups in total. The molecule has 33 heavy (non-hydrogen) atoms. The second-order valence-electron chi connectivity index (χ2n) is 8.12. The van der Waals surface area contributed by atoms with E-state index in [-0.39, 0.29) is 11.4 Å². The van der Waals surface area contributed by atoms with E-state index in [4.69, 9.17) is 16.6 Å². The third-order valence-corrected chi connectivity index (χ3v) is 7.18. The molecule has 0 aliphatic heterocycles. The molecule has 0 aliphatic carbocycles. The highest BCUT2D eigenvalue weighted by atomic mass is 35.5. The Morgan fingerprint density at radius 2 is 1.82 bits per heavy atom. The van der Waals surface area contributed by atoms with E-state index in [0.29, 0.717) is 34.6 Å². The van der Waals surface area contributed by atoms with E-state index in [2.05, 4.69) is 29.0 Å². The predicted molar refractivity (Wildman–Crippen MR) is 136 cm³/mol. The Bertz CT molecular complexity index is 1390. The van der Waals surface area contributed by atoms with Crippen molar-refractivity contribution in [3.63, 3.8) is 0 Å². The van der Waals surface area contributed by atoms with Crippen LogP contribution in [0.3, 0.4) is 0 Å². The SMILES string of the molecule is Bc1cnn2c(NCCNS(=O)(=O)c3ccc(C(C)C)cc3)cc(-c3ccccc3Cl)nc12. The molecule has 4 rings (SSSR count). The summed E-state index contributed by atoms with van der Waals surface area (Å²) in [6.45, 7) is 4.71. The quantitative estimate of drug-likeness (QED) is 0.298. The summed E-state index contributed by atoms with van der Waals surface area (Å²) in [5.74, 6) is 1.04. The third kappa shape index (κ3) is 5.05. The summed E-state index contributed by atoms with van der Waals surface area (Å²) < 4.78 is 29.6. The molecule has 7 nitrogen and oxygen atoms in total. The van der Waals surface area contributed by atoms with Crippen LogP contribution in [0.1, 0.15) is 25.3 Å². The fourth-order valence-electron chi connectivity index (χ4n) is 3.50. The lowest BCUT2D eigenvalue weighted by atomic mass is 10.0. The van der Waals surface area contributed by atoms with Crippen molar-refractivity contribution < 1.29 is 8.42 Å². The van der Waals surface area contributed by atoms with Gasteiger partial charge >= 0.3 is 0 Å². The zero-order chi connectivity index (χ0) is 23.6. The van der Waals surface area contributed by atoms with Gasteiger partial charge < -0.3 is 5.32 Å². The molecule has 170 valence electrons. The van der Waals surface area contributed by atoms with Crippen molar-refractivity contribution in [1.29, 1.82) is 0 Å². The third-order valence-electron chi connectivity index (χ3n) is 5.38. The van der Waals surface area contributed by atoms with Crippen LogP contribution >= 0.6 is 11.6 Å². The minimum absolute atomic E-state index is 0.208. The molecular weight excluding hydrogens is 457 g/mol. The number of sulfonamides is 1. The van der Waals surface area contributed by atoms with E-state index in [1.54, 1.807) is 22.8 Å². The zero-order valence-corrected chi connectivity index (χ0v) is 20.3. The van der Waals surface area contributed by atoms with Gasteiger partial charge in [-0.1, -0.05) is 55.8 Å². The molecule has 0 saturated heterocycles. The number of aromatic nitrogens is 3. The van der Waals surface area contributed by atoms with Gasteiger partial charge in [-0.25, -0.2) is 18.1 Å². The number of nitrogens with one attached hydrogen (secondary N) is 2. The Labute approximate surface area is 199 Å². The molecule has 0 atom stereocenters. The van der Waals surface area contributed by atoms with E-state index in [1.165, 1.54) is 0 Å². The Morgan fingerprint density at radius 1 is 1.09 bits per heavy atom. The Morgan fingerprint density at radius 3 is 2.52 bits per heavy atom. The molecule has 0 unspecified atom stereocenters. The van der Waals surface area contributed by atoms with Gasteiger partial charge in [0, 0.05) is 35.9 Å². The van der Waals surface area contributed by atoms with Crippen molar-refractivity contribution >= 4 is 46.4 Å². The first-order valence-corrected chi connectivity index (χ1v) is 12.6. The van der Waals surface area contributed by atoms with Crippen LogP contribution in [-0.2, 0) is 10.0 Å². The van der Waals surface area contributed by atoms with Gasteiger partial charge in [-0.2, -0.15) is 9.61 Å². The molecule has 0 saturated carbocycles. The van der Waals surface area contributed by atoms with Crippen LogP contribution < -0.4 is 15.5 Å². The number of fused-ring (bicyclic) bond motifs is 1. The number of halogens is 1. The van der Waals surface area contributed by atoms with Crippen LogP contribution in [0, 0.1) is 0 Å². The summed E-state index contributed by atoms with van der Waals surface area (Å²) in [6, 6.07) is 16.3. The first-order valence-electron chi connectivity index (χ1n) is 10.7. The molecule has 0 spiro atoms. The highest BCUT2D eigenvalue weighted by Crippen LogP contribution is 2.28. The molecule has 2 heterocycles. The summed E-state index contributed by atoms with van der Waals surface area (Å²) >= 11 is 6.38. The number of anilines is 1. The van der Waals surface area contributed by atoms with Gasteiger partial charge in [0.2, 0.25) is 10.0 Å². The average Bonchev–Trinajstić information content (AvgIpc) is 3.18. The van der Waals surface area contributed by atoms with Gasteiger partial charge in [-0.3, -0.25) is 0 Å². The molecule has 2 aromatic heterocycles. The van der Waals surface area contributed by atoms with E-state index in [1.807, 2.05) is 50.3 Å². The minimum Gasteiger partial charge on any atom is -0.369 e. The number of hydrogen-bond acceptors (Lipinski definition) is 5. The number of benzene rings is 2. The van der Waals surface area contributed by atoms with Crippen LogP contribution in [0.25, 0.3) is 16.9 Å². The van der Waals surface area contributed by atoms with Crippen molar-refractivity contribution in [2.24, 2.45) is 0 Å². The molecule has 0 aliphatic rings. The standard InChI is InChI=1S/C23H25BClN5O2S/c1-15(2)16-7-9-17(10-8-16)33(31,32)28-12-11-26-22-13-21(18-5-3-4-6-20(18)25)29-23-19(24)14-27-30(22)23/h3-10,13-15,26,28H,11-12,24H2,1-2H3. The second kappa shape index (κ2) is 9.55. The highest BCUT2D eigenvalue weighted by Gasteiger charge is 2.15. The van der Waals surface area contributed by atoms with E-state index >= 15 is 0 Å². The maximum absolute atomic E-state index is 12.6. The summed E-state index contributed by atoms with van der Waals surface area (Å²) in [4.78, 5) is 4.97. The monoisotopic (exact) mass is 481 g/mol. The van der Waals surface area contributed by atoms with Crippen LogP contribution in [-0.4, -0.2) is 44.0 Å². The molecule has 10 heteroatoms. The van der Waals surface area contributed by atoms with Crippen LogP contribution in [0.4, 0.5) is 5.82 Å². The van der Waals surface area contributed by atoms with Gasteiger partial charge in [0.1, 0.15) is 13.7 Å². The van der Waals surface area contributed by atoms with Gasteiger partial charge in [0.15, 0.2) is 5.65 Å². The minimum atomic E-state index is -3.59. The first-order chi connectivity index (χ1) is 15.8. The van der Waals surface area contributed by atoms with Crippen LogP contribution in [0.2, 0.25) is 5.02 Å². The average molecular weight is 482 g/mol. The molecule has 0 fully saturated rings. The fourth-order valence-corrected chi connectivity index (χ4v) is 4.76.